The van der Waals surface area contributed by atoms with Crippen LogP contribution in [0.25, 0.3) is 11.9 Å². The van der Waals surface area contributed by atoms with Gasteiger partial charge in [-0.1, -0.05) is 49.9 Å². The number of esters is 1. The Balaban J connectivity index is 2.17. The molecule has 1 unspecified atom stereocenters. The van der Waals surface area contributed by atoms with Crippen molar-refractivity contribution in [2.75, 3.05) is 20.4 Å². The van der Waals surface area contributed by atoms with Crippen LogP contribution in [-0.2, 0) is 24.5 Å². The molecule has 3 heterocycles. The molecule has 0 aliphatic carbocycles. The van der Waals surface area contributed by atoms with Crippen LogP contribution < -0.4 is 0 Å². The third kappa shape index (κ3) is 9.14. The lowest BCUT2D eigenvalue weighted by molar-refractivity contribution is -0.145. The van der Waals surface area contributed by atoms with Crippen molar-refractivity contribution in [2.45, 2.75) is 83.1 Å². The third-order valence-corrected chi connectivity index (χ3v) is 11.0. The quantitative estimate of drug-likeness (QED) is 0.0851. The van der Waals surface area contributed by atoms with Gasteiger partial charge in [-0.3, -0.25) is 14.8 Å². The number of methoxy groups -OCH3 is 1. The Morgan fingerprint density at radius 1 is 1.17 bits per heavy atom. The topological polar surface area (TPSA) is 103 Å². The molecule has 3 atom stereocenters. The maximum absolute atomic E-state index is 15.7. The summed E-state index contributed by atoms with van der Waals surface area (Å²) in [5.74, 6) is -2.86. The zero-order valence-electron chi connectivity index (χ0n) is 28.0. The highest BCUT2D eigenvalue weighted by Crippen LogP contribution is 2.52. The molecular formula is C32H43ClF2N4O5SSi. The molecule has 252 valence electrons. The smallest absolute Gasteiger partial charge is 0.418 e. The molecule has 46 heavy (non-hydrogen) atoms. The number of thioether (sulfide) groups is 1. The molecule has 1 aliphatic heterocycles. The number of hydrogen-bond acceptors (Lipinski definition) is 9. The number of nitrogens with zero attached hydrogens (tertiary/aromatic N) is 4. The third-order valence-electron chi connectivity index (χ3n) is 7.62. The van der Waals surface area contributed by atoms with Crippen LogP contribution in [0.2, 0.25) is 30.7 Å². The van der Waals surface area contributed by atoms with Gasteiger partial charge in [-0.15, -0.1) is 0 Å². The van der Waals surface area contributed by atoms with Gasteiger partial charge in [0.1, 0.15) is 22.9 Å². The van der Waals surface area contributed by atoms with Gasteiger partial charge in [-0.2, -0.15) is 4.39 Å². The zero-order chi connectivity index (χ0) is 34.7. The number of amides is 1. The van der Waals surface area contributed by atoms with Gasteiger partial charge < -0.3 is 14.2 Å². The molecule has 1 aliphatic rings. The van der Waals surface area contributed by atoms with Crippen LogP contribution in [0.1, 0.15) is 58.4 Å². The van der Waals surface area contributed by atoms with E-state index in [1.807, 2.05) is 0 Å². The summed E-state index contributed by atoms with van der Waals surface area (Å²) in [6.45, 7) is 17.0. The molecular weight excluding hydrogens is 654 g/mol. The van der Waals surface area contributed by atoms with Gasteiger partial charge in [0.2, 0.25) is 5.95 Å². The van der Waals surface area contributed by atoms with E-state index in [9.17, 15) is 9.59 Å². The van der Waals surface area contributed by atoms with E-state index in [0.717, 1.165) is 17.8 Å². The molecule has 0 spiro atoms. The molecule has 0 saturated heterocycles. The second kappa shape index (κ2) is 14.5. The van der Waals surface area contributed by atoms with E-state index in [2.05, 4.69) is 29.6 Å². The van der Waals surface area contributed by atoms with Gasteiger partial charge in [0.05, 0.1) is 23.4 Å². The van der Waals surface area contributed by atoms with E-state index in [1.54, 1.807) is 41.5 Å². The van der Waals surface area contributed by atoms with Gasteiger partial charge in [0.25, 0.3) is 0 Å². The summed E-state index contributed by atoms with van der Waals surface area (Å²) in [7, 11) is -0.187. The summed E-state index contributed by atoms with van der Waals surface area (Å²) in [5.41, 5.74) is -2.09. The number of carbonyl (C=O) groups is 2. The summed E-state index contributed by atoms with van der Waals surface area (Å²) in [6, 6.07) is 5.19. The number of aliphatic imine (C=N–C) groups is 1. The van der Waals surface area contributed by atoms with Gasteiger partial charge >= 0.3 is 12.1 Å². The average molecular weight is 697 g/mol. The highest BCUT2D eigenvalue weighted by atomic mass is 35.5. The van der Waals surface area contributed by atoms with Gasteiger partial charge in [-0.05, 0) is 70.5 Å². The maximum atomic E-state index is 15.7. The predicted molar refractivity (Wildman–Crippen MR) is 181 cm³/mol. The van der Waals surface area contributed by atoms with Crippen LogP contribution in [-0.4, -0.2) is 71.0 Å². The fraction of sp³-hybridized carbons (Fsp3) is 0.531. The molecule has 9 nitrogen and oxygen atoms in total. The Morgan fingerprint density at radius 3 is 2.41 bits per heavy atom. The average Bonchev–Trinajstić information content (AvgIpc) is 2.95. The first-order valence-electron chi connectivity index (χ1n) is 14.8. The van der Waals surface area contributed by atoms with Crippen molar-refractivity contribution >= 4 is 60.6 Å². The molecule has 2 aromatic rings. The van der Waals surface area contributed by atoms with Crippen molar-refractivity contribution in [3.8, 4) is 0 Å². The highest BCUT2D eigenvalue weighted by molar-refractivity contribution is 8.15. The zero-order valence-corrected chi connectivity index (χ0v) is 30.6. The van der Waals surface area contributed by atoms with E-state index in [0.29, 0.717) is 11.6 Å². The van der Waals surface area contributed by atoms with E-state index in [1.165, 1.54) is 48.7 Å². The van der Waals surface area contributed by atoms with Crippen LogP contribution in [0.3, 0.4) is 0 Å². The summed E-state index contributed by atoms with van der Waals surface area (Å²) >= 11 is 6.89. The molecule has 0 radical (unpaired) electrons. The first kappa shape index (κ1) is 37.6. The van der Waals surface area contributed by atoms with Crippen LogP contribution in [0, 0.1) is 11.9 Å². The first-order valence-corrected chi connectivity index (χ1v) is 19.7. The molecule has 0 bridgehead atoms. The molecule has 0 aromatic carbocycles. The van der Waals surface area contributed by atoms with E-state index >= 15 is 8.78 Å². The summed E-state index contributed by atoms with van der Waals surface area (Å²) in [4.78, 5) is 41.0. The van der Waals surface area contributed by atoms with Crippen LogP contribution in [0.15, 0.2) is 35.6 Å². The number of halogens is 3. The number of hydrogen-bond donors (Lipinski definition) is 0. The van der Waals surface area contributed by atoms with Gasteiger partial charge in [-0.25, -0.2) is 19.1 Å². The number of amidine groups is 1. The van der Waals surface area contributed by atoms with Crippen molar-refractivity contribution in [1.82, 2.24) is 14.9 Å². The molecule has 0 N–H and O–H groups in total. The van der Waals surface area contributed by atoms with Crippen LogP contribution in [0.5, 0.6) is 0 Å². The van der Waals surface area contributed by atoms with E-state index < -0.39 is 53.7 Å². The molecule has 0 fully saturated rings. The lowest BCUT2D eigenvalue weighted by Crippen LogP contribution is -2.55. The van der Waals surface area contributed by atoms with Crippen molar-refractivity contribution in [3.63, 3.8) is 0 Å². The minimum Gasteiger partial charge on any atom is -0.468 e. The minimum absolute atomic E-state index is 0.0117. The second-order valence-corrected chi connectivity index (χ2v) is 21.2. The van der Waals surface area contributed by atoms with Crippen molar-refractivity contribution in [2.24, 2.45) is 10.9 Å². The first-order chi connectivity index (χ1) is 21.2. The molecule has 1 amide bonds. The number of aromatic nitrogens is 2. The molecule has 3 rings (SSSR count). The Labute approximate surface area is 280 Å². The summed E-state index contributed by atoms with van der Waals surface area (Å²) in [5, 5.41) is 0.427. The number of rotatable bonds is 9. The number of pyridine rings is 2. The fourth-order valence-electron chi connectivity index (χ4n) is 4.64. The maximum Gasteiger partial charge on any atom is 0.418 e. The molecule has 2 aromatic heterocycles. The van der Waals surface area contributed by atoms with Crippen LogP contribution >= 0.6 is 23.4 Å². The Kier molecular flexibility index (Phi) is 11.8. The van der Waals surface area contributed by atoms with Crippen molar-refractivity contribution in [1.29, 1.82) is 0 Å². The normalized spacial score (nSPS) is 22.2. The fourth-order valence-corrected chi connectivity index (χ4v) is 6.93. The SMILES string of the molecule is COC(=O)[C@@]1(C)SC(N(COCC[Si](C)(C)C)C(=O)OC(C)(C)C)=N[C@](C)(c2cc(/C=C(\F)c3ccc(Cl)cn3)cnc2F)C1C. The Hall–Kier alpha value is -2.87. The lowest BCUT2D eigenvalue weighted by atomic mass is 9.74. The lowest BCUT2D eigenvalue weighted by Gasteiger charge is -2.47. The Morgan fingerprint density at radius 2 is 1.85 bits per heavy atom. The predicted octanol–water partition coefficient (Wildman–Crippen LogP) is 8.17. The summed E-state index contributed by atoms with van der Waals surface area (Å²) in [6.07, 6.45) is 2.92. The standard InChI is InChI=1S/C32H43ClF2N4O5SSi/c1-20-31(5,23-15-21(17-37-26(23)35)16-24(34)25-12-11-22(33)18-36-25)38-28(45-32(20,6)27(40)42-7)39(29(41)44-30(2,3)4)19-43-13-14-46(8,9)10/h11-12,15-18,20H,13-14,19H2,1-10H3/b24-16-/t20?,31-,32-/m0/s1. The monoisotopic (exact) mass is 696 g/mol. The molecule has 14 heteroatoms. The number of ether oxygens (including phenoxy) is 3. The largest absolute Gasteiger partial charge is 0.468 e. The highest BCUT2D eigenvalue weighted by Gasteiger charge is 2.56. The minimum atomic E-state index is -1.49. The summed E-state index contributed by atoms with van der Waals surface area (Å²) < 4.78 is 46.4. The van der Waals surface area contributed by atoms with Gasteiger partial charge in [0, 0.05) is 38.6 Å². The van der Waals surface area contributed by atoms with E-state index in [-0.39, 0.29) is 28.7 Å². The molecule has 0 saturated carbocycles. The van der Waals surface area contributed by atoms with Crippen LogP contribution in [0.4, 0.5) is 13.6 Å². The van der Waals surface area contributed by atoms with E-state index in [4.69, 9.17) is 30.8 Å². The number of carbonyl (C=O) groups excluding carboxylic acids is 2. The van der Waals surface area contributed by atoms with Crippen molar-refractivity contribution < 1.29 is 32.6 Å². The second-order valence-electron chi connectivity index (χ2n) is 13.7. The van der Waals surface area contributed by atoms with Crippen molar-refractivity contribution in [3.05, 3.63) is 58.4 Å². The Bertz CT molecular complexity index is 1500. The van der Waals surface area contributed by atoms with Gasteiger partial charge in [0.15, 0.2) is 5.17 Å².